The molecule has 0 radical (unpaired) electrons. The van der Waals surface area contributed by atoms with E-state index >= 15 is 0 Å². The second-order valence-electron chi connectivity index (χ2n) is 7.18. The molecule has 0 spiro atoms. The third-order valence-corrected chi connectivity index (χ3v) is 6.84. The summed E-state index contributed by atoms with van der Waals surface area (Å²) in [4.78, 5) is 6.07. The molecule has 1 fully saturated rings. The van der Waals surface area contributed by atoms with Crippen LogP contribution in [0.2, 0.25) is 0 Å². The Morgan fingerprint density at radius 1 is 0.969 bits per heavy atom. The third-order valence-electron chi connectivity index (χ3n) is 4.93. The lowest BCUT2D eigenvalue weighted by Gasteiger charge is -2.32. The zero-order chi connectivity index (χ0) is 22.9. The second-order valence-corrected chi connectivity index (χ2v) is 9.11. The van der Waals surface area contributed by atoms with Gasteiger partial charge in [-0.15, -0.1) is 13.2 Å². The smallest absolute Gasteiger partial charge is 0.406 e. The van der Waals surface area contributed by atoms with Crippen LogP contribution in [0.5, 0.6) is 5.75 Å². The number of aryl methyl sites for hydroxylation is 1. The molecular weight excluding hydrogens is 449 g/mol. The number of sulfonamides is 1. The zero-order valence-electron chi connectivity index (χ0n) is 16.9. The van der Waals surface area contributed by atoms with Crippen LogP contribution in [-0.2, 0) is 10.0 Å². The Labute approximate surface area is 182 Å². The van der Waals surface area contributed by atoms with Crippen molar-refractivity contribution in [3.05, 3.63) is 54.1 Å². The molecule has 0 unspecified atom stereocenters. The van der Waals surface area contributed by atoms with Crippen molar-refractivity contribution in [3.8, 4) is 17.1 Å². The lowest BCUT2D eigenvalue weighted by atomic mass is 10.1. The van der Waals surface area contributed by atoms with Crippen LogP contribution in [0.15, 0.2) is 57.9 Å². The number of nitrogens with zero attached hydrogens (tertiary/aromatic N) is 4. The summed E-state index contributed by atoms with van der Waals surface area (Å²) >= 11 is 0. The fourth-order valence-corrected chi connectivity index (χ4v) is 4.67. The minimum absolute atomic E-state index is 0.111. The highest BCUT2D eigenvalue weighted by Gasteiger charge is 2.32. The van der Waals surface area contributed by atoms with Gasteiger partial charge in [-0.2, -0.15) is 9.29 Å². The molecule has 3 aromatic rings. The van der Waals surface area contributed by atoms with E-state index in [4.69, 9.17) is 4.52 Å². The summed E-state index contributed by atoms with van der Waals surface area (Å²) in [5.74, 6) is -0.0433. The summed E-state index contributed by atoms with van der Waals surface area (Å²) in [6, 6.07) is 12.1. The standard InChI is InChI=1S/C20H19F3N4O4S/c1-14-2-4-15(5-3-14)18-24-19(31-25-18)26-10-12-27(13-11-26)32(28,29)17-8-6-16(7-9-17)30-20(21,22)23/h2-9H,10-13H2,1H3. The first-order valence-electron chi connectivity index (χ1n) is 9.63. The molecule has 2 aromatic carbocycles. The Kier molecular flexibility index (Phi) is 5.82. The van der Waals surface area contributed by atoms with Gasteiger partial charge in [0.15, 0.2) is 0 Å². The molecule has 0 aliphatic carbocycles. The van der Waals surface area contributed by atoms with Gasteiger partial charge in [0, 0.05) is 31.7 Å². The number of rotatable bonds is 5. The monoisotopic (exact) mass is 468 g/mol. The lowest BCUT2D eigenvalue weighted by Crippen LogP contribution is -2.48. The van der Waals surface area contributed by atoms with Crippen LogP contribution in [-0.4, -0.2) is 55.4 Å². The molecule has 0 N–H and O–H groups in total. The molecule has 1 aliphatic heterocycles. The Balaban J connectivity index is 1.40. The molecule has 0 atom stereocenters. The minimum atomic E-state index is -4.84. The fraction of sp³-hybridized carbons (Fsp3) is 0.300. The first kappa shape index (κ1) is 22.1. The largest absolute Gasteiger partial charge is 0.573 e. The van der Waals surface area contributed by atoms with Crippen LogP contribution >= 0.6 is 0 Å². The maximum Gasteiger partial charge on any atom is 0.573 e. The predicted molar refractivity (Wildman–Crippen MR) is 109 cm³/mol. The van der Waals surface area contributed by atoms with Crippen LogP contribution in [0, 0.1) is 6.92 Å². The number of hydrogen-bond acceptors (Lipinski definition) is 7. The minimum Gasteiger partial charge on any atom is -0.406 e. The number of alkyl halides is 3. The maximum absolute atomic E-state index is 12.8. The summed E-state index contributed by atoms with van der Waals surface area (Å²) in [6.07, 6.45) is -4.84. The van der Waals surface area contributed by atoms with Gasteiger partial charge in [0.1, 0.15) is 5.75 Å². The van der Waals surface area contributed by atoms with Gasteiger partial charge >= 0.3 is 12.4 Å². The van der Waals surface area contributed by atoms with Gasteiger partial charge in [-0.1, -0.05) is 35.0 Å². The molecule has 32 heavy (non-hydrogen) atoms. The normalized spacial score (nSPS) is 15.7. The van der Waals surface area contributed by atoms with Gasteiger partial charge in [0.25, 0.3) is 0 Å². The summed E-state index contributed by atoms with van der Waals surface area (Å²) in [5.41, 5.74) is 1.92. The highest BCUT2D eigenvalue weighted by molar-refractivity contribution is 7.89. The van der Waals surface area contributed by atoms with Crippen molar-refractivity contribution in [1.82, 2.24) is 14.4 Å². The summed E-state index contributed by atoms with van der Waals surface area (Å²) < 4.78 is 72.9. The molecule has 1 saturated heterocycles. The van der Waals surface area contributed by atoms with E-state index in [1.165, 1.54) is 4.31 Å². The number of anilines is 1. The van der Waals surface area contributed by atoms with Crippen molar-refractivity contribution in [2.75, 3.05) is 31.1 Å². The van der Waals surface area contributed by atoms with E-state index in [0.717, 1.165) is 35.4 Å². The van der Waals surface area contributed by atoms with Crippen LogP contribution < -0.4 is 9.64 Å². The number of piperazine rings is 1. The summed E-state index contributed by atoms with van der Waals surface area (Å²) in [6.45, 7) is 2.94. The fourth-order valence-electron chi connectivity index (χ4n) is 3.25. The number of aromatic nitrogens is 2. The number of halogens is 3. The van der Waals surface area contributed by atoms with Crippen molar-refractivity contribution in [1.29, 1.82) is 0 Å². The van der Waals surface area contributed by atoms with Crippen molar-refractivity contribution in [2.45, 2.75) is 18.2 Å². The molecule has 170 valence electrons. The van der Waals surface area contributed by atoms with Gasteiger partial charge < -0.3 is 14.2 Å². The SMILES string of the molecule is Cc1ccc(-c2noc(N3CCN(S(=O)(=O)c4ccc(OC(F)(F)F)cc4)CC3)n2)cc1. The van der Waals surface area contributed by atoms with Crippen molar-refractivity contribution in [3.63, 3.8) is 0 Å². The molecule has 0 saturated carbocycles. The van der Waals surface area contributed by atoms with Gasteiger partial charge in [-0.05, 0) is 31.2 Å². The van der Waals surface area contributed by atoms with Crippen molar-refractivity contribution in [2.24, 2.45) is 0 Å². The third kappa shape index (κ3) is 4.86. The van der Waals surface area contributed by atoms with Gasteiger partial charge in [-0.3, -0.25) is 0 Å². The van der Waals surface area contributed by atoms with E-state index in [0.29, 0.717) is 24.9 Å². The van der Waals surface area contributed by atoms with Gasteiger partial charge in [0.2, 0.25) is 15.8 Å². The van der Waals surface area contributed by atoms with Crippen LogP contribution in [0.25, 0.3) is 11.4 Å². The Bertz CT molecular complexity index is 1170. The number of hydrogen-bond donors (Lipinski definition) is 0. The topological polar surface area (TPSA) is 88.8 Å². The highest BCUT2D eigenvalue weighted by atomic mass is 32.2. The Hall–Kier alpha value is -3.12. The predicted octanol–water partition coefficient (Wildman–Crippen LogP) is 3.45. The van der Waals surface area contributed by atoms with Crippen LogP contribution in [0.3, 0.4) is 0 Å². The molecule has 2 heterocycles. The number of ether oxygens (including phenoxy) is 1. The van der Waals surface area contributed by atoms with Gasteiger partial charge in [0.05, 0.1) is 4.90 Å². The molecule has 1 aliphatic rings. The van der Waals surface area contributed by atoms with E-state index in [1.807, 2.05) is 31.2 Å². The zero-order valence-corrected chi connectivity index (χ0v) is 17.7. The van der Waals surface area contributed by atoms with Crippen LogP contribution in [0.1, 0.15) is 5.56 Å². The average molecular weight is 468 g/mol. The quantitative estimate of drug-likeness (QED) is 0.567. The first-order valence-corrected chi connectivity index (χ1v) is 11.1. The summed E-state index contributed by atoms with van der Waals surface area (Å²) in [7, 11) is -3.87. The van der Waals surface area contributed by atoms with E-state index in [2.05, 4.69) is 14.9 Å². The molecule has 0 amide bonds. The average Bonchev–Trinajstić information content (AvgIpc) is 3.24. The van der Waals surface area contributed by atoms with E-state index < -0.39 is 22.1 Å². The molecular formula is C20H19F3N4O4S. The molecule has 8 nitrogen and oxygen atoms in total. The van der Waals surface area contributed by atoms with Gasteiger partial charge in [-0.25, -0.2) is 8.42 Å². The highest BCUT2D eigenvalue weighted by Crippen LogP contribution is 2.26. The number of benzene rings is 2. The molecule has 4 rings (SSSR count). The van der Waals surface area contributed by atoms with Crippen molar-refractivity contribution >= 4 is 16.0 Å². The van der Waals surface area contributed by atoms with Crippen molar-refractivity contribution < 1.29 is 30.8 Å². The molecule has 0 bridgehead atoms. The molecule has 1 aromatic heterocycles. The lowest BCUT2D eigenvalue weighted by molar-refractivity contribution is -0.274. The van der Waals surface area contributed by atoms with Crippen LogP contribution in [0.4, 0.5) is 19.2 Å². The van der Waals surface area contributed by atoms with E-state index in [-0.39, 0.29) is 18.0 Å². The Morgan fingerprint density at radius 3 is 2.19 bits per heavy atom. The maximum atomic E-state index is 12.8. The second kappa shape index (κ2) is 8.43. The first-order chi connectivity index (χ1) is 15.1. The van der Waals surface area contributed by atoms with E-state index in [9.17, 15) is 21.6 Å². The molecule has 12 heteroatoms. The Morgan fingerprint density at radius 2 is 1.59 bits per heavy atom. The summed E-state index contributed by atoms with van der Waals surface area (Å²) in [5, 5.41) is 3.99. The van der Waals surface area contributed by atoms with E-state index in [1.54, 1.807) is 4.90 Å².